The van der Waals surface area contributed by atoms with Gasteiger partial charge in [-0.15, -0.1) is 0 Å². The molecule has 3 aromatic rings. The van der Waals surface area contributed by atoms with Gasteiger partial charge in [0.2, 0.25) is 0 Å². The van der Waals surface area contributed by atoms with E-state index in [2.05, 4.69) is 17.4 Å². The Labute approximate surface area is 130 Å². The molecule has 3 nitrogen and oxygen atoms in total. The molecule has 3 rings (SSSR count). The van der Waals surface area contributed by atoms with Crippen LogP contribution in [0, 0.1) is 5.41 Å². The van der Waals surface area contributed by atoms with Crippen molar-refractivity contribution in [2.24, 2.45) is 0 Å². The van der Waals surface area contributed by atoms with Crippen molar-refractivity contribution >= 4 is 16.6 Å². The SMILES string of the molecule is COc1ccccc1CNC(=N)c1ccc2ccccc2c1. The second kappa shape index (κ2) is 6.31. The van der Waals surface area contributed by atoms with Gasteiger partial charge in [-0.3, -0.25) is 5.41 Å². The molecule has 0 unspecified atom stereocenters. The van der Waals surface area contributed by atoms with Crippen molar-refractivity contribution in [3.8, 4) is 5.75 Å². The topological polar surface area (TPSA) is 45.1 Å². The van der Waals surface area contributed by atoms with E-state index in [0.29, 0.717) is 12.4 Å². The number of fused-ring (bicyclic) bond motifs is 1. The molecule has 0 saturated carbocycles. The Bertz CT molecular complexity index is 811. The van der Waals surface area contributed by atoms with Crippen LogP contribution in [-0.2, 0) is 6.54 Å². The number of para-hydroxylation sites is 1. The maximum atomic E-state index is 8.23. The smallest absolute Gasteiger partial charge is 0.125 e. The van der Waals surface area contributed by atoms with E-state index in [1.54, 1.807) is 7.11 Å². The number of hydrogen-bond donors (Lipinski definition) is 2. The van der Waals surface area contributed by atoms with E-state index in [-0.39, 0.29) is 0 Å². The highest BCUT2D eigenvalue weighted by atomic mass is 16.5. The van der Waals surface area contributed by atoms with Gasteiger partial charge in [0.1, 0.15) is 11.6 Å². The van der Waals surface area contributed by atoms with Crippen molar-refractivity contribution in [1.82, 2.24) is 5.32 Å². The summed E-state index contributed by atoms with van der Waals surface area (Å²) in [7, 11) is 1.66. The van der Waals surface area contributed by atoms with Gasteiger partial charge in [-0.1, -0.05) is 54.6 Å². The lowest BCUT2D eigenvalue weighted by Gasteiger charge is -2.11. The summed E-state index contributed by atoms with van der Waals surface area (Å²) in [6, 6.07) is 22.1. The van der Waals surface area contributed by atoms with E-state index in [0.717, 1.165) is 22.3 Å². The third-order valence-corrected chi connectivity index (χ3v) is 3.69. The fourth-order valence-corrected chi connectivity index (χ4v) is 2.48. The second-order valence-electron chi connectivity index (χ2n) is 5.10. The normalized spacial score (nSPS) is 10.4. The second-order valence-corrected chi connectivity index (χ2v) is 5.10. The van der Waals surface area contributed by atoms with Crippen LogP contribution >= 0.6 is 0 Å². The quantitative estimate of drug-likeness (QED) is 0.564. The van der Waals surface area contributed by atoms with Gasteiger partial charge in [-0.2, -0.15) is 0 Å². The van der Waals surface area contributed by atoms with Gasteiger partial charge in [0, 0.05) is 17.7 Å². The van der Waals surface area contributed by atoms with Crippen LogP contribution in [0.5, 0.6) is 5.75 Å². The zero-order chi connectivity index (χ0) is 15.4. The van der Waals surface area contributed by atoms with Crippen LogP contribution in [0.4, 0.5) is 0 Å². The molecule has 0 saturated heterocycles. The lowest BCUT2D eigenvalue weighted by molar-refractivity contribution is 0.409. The summed E-state index contributed by atoms with van der Waals surface area (Å²) >= 11 is 0. The fraction of sp³-hybridized carbons (Fsp3) is 0.105. The first-order valence-electron chi connectivity index (χ1n) is 7.21. The van der Waals surface area contributed by atoms with Crippen molar-refractivity contribution in [2.45, 2.75) is 6.54 Å². The summed E-state index contributed by atoms with van der Waals surface area (Å²) < 4.78 is 5.33. The van der Waals surface area contributed by atoms with Crippen molar-refractivity contribution in [3.05, 3.63) is 77.9 Å². The molecule has 0 aromatic heterocycles. The molecule has 0 bridgehead atoms. The number of benzene rings is 3. The van der Waals surface area contributed by atoms with Crippen LogP contribution in [0.15, 0.2) is 66.7 Å². The Kier molecular flexibility index (Phi) is 4.05. The van der Waals surface area contributed by atoms with Gasteiger partial charge in [0.25, 0.3) is 0 Å². The predicted octanol–water partition coefficient (Wildman–Crippen LogP) is 3.96. The average molecular weight is 290 g/mol. The molecule has 0 atom stereocenters. The minimum Gasteiger partial charge on any atom is -0.496 e. The zero-order valence-electron chi connectivity index (χ0n) is 12.5. The summed E-state index contributed by atoms with van der Waals surface area (Å²) in [4.78, 5) is 0. The van der Waals surface area contributed by atoms with Crippen molar-refractivity contribution in [2.75, 3.05) is 7.11 Å². The maximum Gasteiger partial charge on any atom is 0.125 e. The Morgan fingerprint density at radius 2 is 1.68 bits per heavy atom. The minimum absolute atomic E-state index is 0.414. The molecule has 0 amide bonds. The lowest BCUT2D eigenvalue weighted by atomic mass is 10.1. The Morgan fingerprint density at radius 3 is 2.50 bits per heavy atom. The molecule has 0 aliphatic carbocycles. The first-order valence-corrected chi connectivity index (χ1v) is 7.21. The van der Waals surface area contributed by atoms with Crippen molar-refractivity contribution in [3.63, 3.8) is 0 Å². The molecule has 0 radical (unpaired) electrons. The van der Waals surface area contributed by atoms with Crippen LogP contribution < -0.4 is 10.1 Å². The molecule has 0 spiro atoms. The van der Waals surface area contributed by atoms with E-state index in [1.165, 1.54) is 5.39 Å². The van der Waals surface area contributed by atoms with Gasteiger partial charge < -0.3 is 10.1 Å². The standard InChI is InChI=1S/C19H18N2O/c1-22-18-9-5-4-8-17(18)13-21-19(20)16-11-10-14-6-2-3-7-15(14)12-16/h2-12H,13H2,1H3,(H2,20,21). The highest BCUT2D eigenvalue weighted by Gasteiger charge is 2.05. The minimum atomic E-state index is 0.414. The van der Waals surface area contributed by atoms with E-state index >= 15 is 0 Å². The van der Waals surface area contributed by atoms with Gasteiger partial charge in [-0.25, -0.2) is 0 Å². The van der Waals surface area contributed by atoms with Crippen molar-refractivity contribution < 1.29 is 4.74 Å². The van der Waals surface area contributed by atoms with Crippen molar-refractivity contribution in [1.29, 1.82) is 5.41 Å². The molecule has 110 valence electrons. The molecule has 3 heteroatoms. The fourth-order valence-electron chi connectivity index (χ4n) is 2.48. The van der Waals surface area contributed by atoms with E-state index in [1.807, 2.05) is 54.6 Å². The summed E-state index contributed by atoms with van der Waals surface area (Å²) in [6.45, 7) is 0.565. The molecule has 0 fully saturated rings. The summed E-state index contributed by atoms with van der Waals surface area (Å²) in [6.07, 6.45) is 0. The summed E-state index contributed by atoms with van der Waals surface area (Å²) in [5.41, 5.74) is 1.92. The maximum absolute atomic E-state index is 8.23. The van der Waals surface area contributed by atoms with E-state index < -0.39 is 0 Å². The molecular weight excluding hydrogens is 272 g/mol. The van der Waals surface area contributed by atoms with E-state index in [9.17, 15) is 0 Å². The first-order chi connectivity index (χ1) is 10.8. The Morgan fingerprint density at radius 1 is 0.955 bits per heavy atom. The lowest BCUT2D eigenvalue weighted by Crippen LogP contribution is -2.23. The third kappa shape index (κ3) is 2.93. The number of rotatable bonds is 4. The number of hydrogen-bond acceptors (Lipinski definition) is 2. The average Bonchev–Trinajstić information content (AvgIpc) is 2.59. The van der Waals surface area contributed by atoms with Crippen LogP contribution in [-0.4, -0.2) is 12.9 Å². The van der Waals surface area contributed by atoms with Gasteiger partial charge >= 0.3 is 0 Å². The molecule has 0 aliphatic heterocycles. The number of methoxy groups -OCH3 is 1. The monoisotopic (exact) mass is 290 g/mol. The summed E-state index contributed by atoms with van der Waals surface area (Å²) in [5, 5.41) is 13.7. The van der Waals surface area contributed by atoms with Gasteiger partial charge in [0.05, 0.1) is 7.11 Å². The molecule has 0 aliphatic rings. The largest absolute Gasteiger partial charge is 0.496 e. The van der Waals surface area contributed by atoms with Gasteiger partial charge in [-0.05, 0) is 22.9 Å². The van der Waals surface area contributed by atoms with E-state index in [4.69, 9.17) is 10.1 Å². The molecule has 22 heavy (non-hydrogen) atoms. The highest BCUT2D eigenvalue weighted by molar-refractivity contribution is 6.00. The third-order valence-electron chi connectivity index (χ3n) is 3.69. The van der Waals surface area contributed by atoms with Crippen LogP contribution in [0.3, 0.4) is 0 Å². The number of ether oxygens (including phenoxy) is 1. The molecular formula is C19H18N2O. The van der Waals surface area contributed by atoms with Gasteiger partial charge in [0.15, 0.2) is 0 Å². The highest BCUT2D eigenvalue weighted by Crippen LogP contribution is 2.18. The zero-order valence-corrected chi connectivity index (χ0v) is 12.5. The molecule has 3 aromatic carbocycles. The molecule has 0 heterocycles. The van der Waals surface area contributed by atoms with Crippen LogP contribution in [0.1, 0.15) is 11.1 Å². The number of nitrogens with one attached hydrogen (secondary N) is 2. The predicted molar refractivity (Wildman–Crippen MR) is 90.6 cm³/mol. The summed E-state index contributed by atoms with van der Waals surface area (Å²) in [5.74, 6) is 1.25. The Hall–Kier alpha value is -2.81. The molecule has 2 N–H and O–H groups in total. The number of amidine groups is 1. The first kappa shape index (κ1) is 14.1. The van der Waals surface area contributed by atoms with Crippen LogP contribution in [0.2, 0.25) is 0 Å². The Balaban J connectivity index is 1.75. The van der Waals surface area contributed by atoms with Crippen LogP contribution in [0.25, 0.3) is 10.8 Å².